The number of rotatable bonds is 4. The predicted molar refractivity (Wildman–Crippen MR) is 113 cm³/mol. The van der Waals surface area contributed by atoms with E-state index in [1.807, 2.05) is 71.4 Å². The number of ether oxygens (including phenoxy) is 1. The van der Waals surface area contributed by atoms with Crippen LogP contribution in [-0.2, 0) is 4.74 Å². The molecule has 27 heavy (non-hydrogen) atoms. The lowest BCUT2D eigenvalue weighted by Crippen LogP contribution is -2.02. The van der Waals surface area contributed by atoms with Gasteiger partial charge in [0.05, 0.1) is 24.5 Å². The van der Waals surface area contributed by atoms with Crippen molar-refractivity contribution in [2.75, 3.05) is 7.11 Å². The summed E-state index contributed by atoms with van der Waals surface area (Å²) in [4.78, 5) is 8.82. The van der Waals surface area contributed by atoms with Gasteiger partial charge in [-0.1, -0.05) is 24.3 Å². The maximum absolute atomic E-state index is 5.34. The third-order valence-corrected chi connectivity index (χ3v) is 4.68. The molecular formula is C22H17N3OS. The van der Waals surface area contributed by atoms with E-state index >= 15 is 0 Å². The second kappa shape index (κ2) is 7.51. The Kier molecular flexibility index (Phi) is 4.77. The Hall–Kier alpha value is -3.31. The van der Waals surface area contributed by atoms with Crippen LogP contribution in [0.15, 0.2) is 73.2 Å². The largest absolute Gasteiger partial charge is 0.486 e. The number of imidazole rings is 1. The molecule has 132 valence electrons. The summed E-state index contributed by atoms with van der Waals surface area (Å²) in [5.41, 5.74) is 4.92. The summed E-state index contributed by atoms with van der Waals surface area (Å²) in [7, 11) is 1.60. The lowest BCUT2D eigenvalue weighted by molar-refractivity contribution is 0.416. The highest BCUT2D eigenvalue weighted by Crippen LogP contribution is 2.26. The van der Waals surface area contributed by atoms with Crippen molar-refractivity contribution in [1.82, 2.24) is 14.4 Å². The highest BCUT2D eigenvalue weighted by Gasteiger charge is 2.10. The Morgan fingerprint density at radius 2 is 1.89 bits per heavy atom. The number of fused-ring (bicyclic) bond motifs is 1. The average molecular weight is 371 g/mol. The Bertz CT molecular complexity index is 1130. The highest BCUT2D eigenvalue weighted by molar-refractivity contribution is 7.80. The summed E-state index contributed by atoms with van der Waals surface area (Å²) in [5, 5.41) is 0.484. The molecule has 3 heterocycles. The molecule has 4 nitrogen and oxygen atoms in total. The first-order chi connectivity index (χ1) is 13.3. The number of methoxy groups -OCH3 is 1. The second-order valence-electron chi connectivity index (χ2n) is 5.95. The first kappa shape index (κ1) is 17.1. The van der Waals surface area contributed by atoms with Crippen LogP contribution in [0.1, 0.15) is 17.1 Å². The molecule has 1 aromatic carbocycles. The van der Waals surface area contributed by atoms with Crippen molar-refractivity contribution in [3.63, 3.8) is 0 Å². The van der Waals surface area contributed by atoms with Gasteiger partial charge < -0.3 is 9.14 Å². The fraction of sp³-hybridized carbons (Fsp3) is 0.0455. The standard InChI is InChI=1S/C22H17N3OS/c1-26-22(27)20-8-3-2-7-19(20)16-11-13-25-18(14-16)15-24-21(25)10-9-17-6-4-5-12-23-17/h2-15H,1H3/b10-9+. The molecule has 0 aliphatic rings. The number of thiocarbonyl (C=S) groups is 1. The van der Waals surface area contributed by atoms with Crippen molar-refractivity contribution in [3.8, 4) is 11.1 Å². The van der Waals surface area contributed by atoms with Crippen LogP contribution in [0.2, 0.25) is 0 Å². The minimum absolute atomic E-state index is 0.484. The zero-order valence-corrected chi connectivity index (χ0v) is 15.6. The highest BCUT2D eigenvalue weighted by atomic mass is 32.1. The summed E-state index contributed by atoms with van der Waals surface area (Å²) in [6, 6.07) is 18.0. The Morgan fingerprint density at radius 1 is 1.04 bits per heavy atom. The summed E-state index contributed by atoms with van der Waals surface area (Å²) in [6.45, 7) is 0. The van der Waals surface area contributed by atoms with E-state index in [0.29, 0.717) is 5.05 Å². The van der Waals surface area contributed by atoms with E-state index in [4.69, 9.17) is 17.0 Å². The van der Waals surface area contributed by atoms with Crippen LogP contribution >= 0.6 is 12.2 Å². The van der Waals surface area contributed by atoms with Crippen molar-refractivity contribution < 1.29 is 4.74 Å². The molecule has 0 aliphatic carbocycles. The molecule has 0 unspecified atom stereocenters. The number of aromatic nitrogens is 3. The smallest absolute Gasteiger partial charge is 0.191 e. The summed E-state index contributed by atoms with van der Waals surface area (Å²) in [6.07, 6.45) is 9.57. The van der Waals surface area contributed by atoms with E-state index in [1.54, 1.807) is 13.3 Å². The second-order valence-corrected chi connectivity index (χ2v) is 6.32. The average Bonchev–Trinajstić information content (AvgIpc) is 3.14. The van der Waals surface area contributed by atoms with Gasteiger partial charge in [0.25, 0.3) is 0 Å². The van der Waals surface area contributed by atoms with E-state index in [1.165, 1.54) is 0 Å². The fourth-order valence-electron chi connectivity index (χ4n) is 2.97. The summed E-state index contributed by atoms with van der Waals surface area (Å²) in [5.74, 6) is 0.850. The first-order valence-corrected chi connectivity index (χ1v) is 8.91. The van der Waals surface area contributed by atoms with Crippen molar-refractivity contribution in [2.45, 2.75) is 0 Å². The van der Waals surface area contributed by atoms with E-state index in [0.717, 1.165) is 33.7 Å². The number of hydrogen-bond donors (Lipinski definition) is 0. The lowest BCUT2D eigenvalue weighted by atomic mass is 10.0. The SMILES string of the molecule is COC(=S)c1ccccc1-c1ccn2c(/C=C/c3ccccn3)ncc2c1. The van der Waals surface area contributed by atoms with Crippen LogP contribution in [0.3, 0.4) is 0 Å². The minimum Gasteiger partial charge on any atom is -0.486 e. The molecule has 0 saturated carbocycles. The number of benzene rings is 1. The van der Waals surface area contributed by atoms with Gasteiger partial charge in [-0.25, -0.2) is 4.98 Å². The normalized spacial score (nSPS) is 11.1. The Labute approximate surface area is 162 Å². The third kappa shape index (κ3) is 3.50. The van der Waals surface area contributed by atoms with Gasteiger partial charge in [-0.3, -0.25) is 4.98 Å². The van der Waals surface area contributed by atoms with Crippen molar-refractivity contribution in [3.05, 3.63) is 90.3 Å². The Morgan fingerprint density at radius 3 is 2.70 bits per heavy atom. The van der Waals surface area contributed by atoms with Crippen LogP contribution in [0.25, 0.3) is 28.8 Å². The maximum atomic E-state index is 5.34. The van der Waals surface area contributed by atoms with E-state index < -0.39 is 0 Å². The molecule has 5 heteroatoms. The van der Waals surface area contributed by atoms with Crippen LogP contribution in [-0.4, -0.2) is 26.5 Å². The van der Waals surface area contributed by atoms with Crippen LogP contribution in [0, 0.1) is 0 Å². The van der Waals surface area contributed by atoms with E-state index in [-0.39, 0.29) is 0 Å². The monoisotopic (exact) mass is 371 g/mol. The molecule has 0 aliphatic heterocycles. The van der Waals surface area contributed by atoms with Crippen molar-refractivity contribution >= 4 is 34.9 Å². The summed E-state index contributed by atoms with van der Waals surface area (Å²) < 4.78 is 7.30. The van der Waals surface area contributed by atoms with Gasteiger partial charge in [0.1, 0.15) is 5.82 Å². The fourth-order valence-corrected chi connectivity index (χ4v) is 3.15. The van der Waals surface area contributed by atoms with Crippen LogP contribution in [0.5, 0.6) is 0 Å². The Balaban J connectivity index is 1.71. The number of nitrogens with zero attached hydrogens (tertiary/aromatic N) is 3. The van der Waals surface area contributed by atoms with Crippen molar-refractivity contribution in [2.24, 2.45) is 0 Å². The number of hydrogen-bond acceptors (Lipinski definition) is 4. The predicted octanol–water partition coefficient (Wildman–Crippen LogP) is 4.89. The van der Waals surface area contributed by atoms with E-state index in [2.05, 4.69) is 22.1 Å². The molecule has 0 atom stereocenters. The molecule has 3 aromatic heterocycles. The first-order valence-electron chi connectivity index (χ1n) is 8.50. The molecule has 0 N–H and O–H groups in total. The molecule has 0 spiro atoms. The molecule has 0 saturated heterocycles. The van der Waals surface area contributed by atoms with Gasteiger partial charge in [-0.15, -0.1) is 0 Å². The zero-order valence-electron chi connectivity index (χ0n) is 14.7. The number of pyridine rings is 2. The molecule has 4 rings (SSSR count). The molecule has 0 amide bonds. The van der Waals surface area contributed by atoms with Crippen molar-refractivity contribution in [1.29, 1.82) is 0 Å². The third-order valence-electron chi connectivity index (χ3n) is 4.29. The summed E-state index contributed by atoms with van der Waals surface area (Å²) >= 11 is 5.34. The van der Waals surface area contributed by atoms with Gasteiger partial charge in [-0.05, 0) is 65.8 Å². The van der Waals surface area contributed by atoms with E-state index in [9.17, 15) is 0 Å². The lowest BCUT2D eigenvalue weighted by Gasteiger charge is -2.10. The zero-order chi connectivity index (χ0) is 18.6. The molecule has 0 bridgehead atoms. The minimum atomic E-state index is 0.484. The van der Waals surface area contributed by atoms with Crippen LogP contribution in [0.4, 0.5) is 0 Å². The molecule has 0 radical (unpaired) electrons. The molecular weight excluding hydrogens is 354 g/mol. The molecule has 4 aromatic rings. The van der Waals surface area contributed by atoms with Gasteiger partial charge in [-0.2, -0.15) is 0 Å². The van der Waals surface area contributed by atoms with Gasteiger partial charge in [0.15, 0.2) is 5.05 Å². The van der Waals surface area contributed by atoms with Gasteiger partial charge in [0, 0.05) is 18.0 Å². The van der Waals surface area contributed by atoms with Gasteiger partial charge in [0.2, 0.25) is 0 Å². The quantitative estimate of drug-likeness (QED) is 0.479. The topological polar surface area (TPSA) is 39.4 Å². The van der Waals surface area contributed by atoms with Crippen LogP contribution < -0.4 is 0 Å². The maximum Gasteiger partial charge on any atom is 0.191 e. The molecule has 0 fully saturated rings. The van der Waals surface area contributed by atoms with Gasteiger partial charge >= 0.3 is 0 Å².